The Morgan fingerprint density at radius 2 is 1.87 bits per heavy atom. The van der Waals surface area contributed by atoms with E-state index in [0.717, 1.165) is 48.4 Å². The maximum atomic E-state index is 13.2. The number of oxazole rings is 1. The third kappa shape index (κ3) is 4.02. The monoisotopic (exact) mass is 418 g/mol. The summed E-state index contributed by atoms with van der Waals surface area (Å²) in [5, 5.41) is 0. The molecule has 2 aromatic carbocycles. The average molecular weight is 418 g/mol. The quantitative estimate of drug-likeness (QED) is 0.614. The first-order valence-corrected chi connectivity index (χ1v) is 10.9. The van der Waals surface area contributed by atoms with Crippen molar-refractivity contribution in [3.8, 4) is 23.0 Å². The van der Waals surface area contributed by atoms with Crippen molar-refractivity contribution in [2.24, 2.45) is 0 Å². The minimum atomic E-state index is 0.0467. The number of rotatable bonds is 4. The van der Waals surface area contributed by atoms with E-state index in [-0.39, 0.29) is 18.4 Å². The standard InChI is InChI=1S/C25H26N2O4/c1-17-20(26-25(31-17)18-7-3-2-4-8-18)16-24(28)27-12-5-9-21(27)19-10-11-22-23(15-19)30-14-6-13-29-22/h2-4,7-8,10-11,15,21H,5-6,9,12-14,16H2,1H3/t21-/m1/s1. The summed E-state index contributed by atoms with van der Waals surface area (Å²) in [6.07, 6.45) is 3.04. The van der Waals surface area contributed by atoms with E-state index < -0.39 is 0 Å². The highest BCUT2D eigenvalue weighted by molar-refractivity contribution is 5.79. The van der Waals surface area contributed by atoms with Gasteiger partial charge in [0.05, 0.1) is 31.4 Å². The maximum Gasteiger partial charge on any atom is 0.229 e. The van der Waals surface area contributed by atoms with Crippen molar-refractivity contribution >= 4 is 5.91 Å². The van der Waals surface area contributed by atoms with Crippen LogP contribution in [0.15, 0.2) is 52.9 Å². The smallest absolute Gasteiger partial charge is 0.229 e. The van der Waals surface area contributed by atoms with Gasteiger partial charge in [0, 0.05) is 18.5 Å². The van der Waals surface area contributed by atoms with Crippen LogP contribution in [-0.2, 0) is 11.2 Å². The Morgan fingerprint density at radius 1 is 1.06 bits per heavy atom. The second-order valence-electron chi connectivity index (χ2n) is 8.07. The van der Waals surface area contributed by atoms with Crippen LogP contribution >= 0.6 is 0 Å². The average Bonchev–Trinajstić information content (AvgIpc) is 3.35. The van der Waals surface area contributed by atoms with Crippen molar-refractivity contribution in [2.75, 3.05) is 19.8 Å². The number of ether oxygens (including phenoxy) is 2. The number of benzene rings is 2. The SMILES string of the molecule is Cc1oc(-c2ccccc2)nc1CC(=O)N1CCC[C@@H]1c1ccc2c(c1)OCCCO2. The zero-order valence-corrected chi connectivity index (χ0v) is 17.7. The van der Waals surface area contributed by atoms with Crippen LogP contribution in [0.1, 0.15) is 42.3 Å². The van der Waals surface area contributed by atoms with Gasteiger partial charge in [-0.2, -0.15) is 0 Å². The van der Waals surface area contributed by atoms with Gasteiger partial charge in [-0.3, -0.25) is 4.79 Å². The molecule has 0 spiro atoms. The fourth-order valence-electron chi connectivity index (χ4n) is 4.34. The van der Waals surface area contributed by atoms with Gasteiger partial charge in [-0.1, -0.05) is 24.3 Å². The number of aromatic nitrogens is 1. The summed E-state index contributed by atoms with van der Waals surface area (Å²) in [5.41, 5.74) is 2.71. The van der Waals surface area contributed by atoms with Gasteiger partial charge in [-0.25, -0.2) is 4.98 Å². The number of amides is 1. The normalized spacial score (nSPS) is 18.1. The molecule has 0 aliphatic carbocycles. The summed E-state index contributed by atoms with van der Waals surface area (Å²) < 4.78 is 17.4. The van der Waals surface area contributed by atoms with E-state index in [1.54, 1.807) is 0 Å². The molecular weight excluding hydrogens is 392 g/mol. The third-order valence-corrected chi connectivity index (χ3v) is 5.96. The first kappa shape index (κ1) is 19.7. The van der Waals surface area contributed by atoms with Gasteiger partial charge in [-0.05, 0) is 49.6 Å². The molecule has 3 heterocycles. The van der Waals surface area contributed by atoms with E-state index in [1.807, 2.05) is 54.3 Å². The van der Waals surface area contributed by atoms with E-state index in [1.165, 1.54) is 0 Å². The van der Waals surface area contributed by atoms with E-state index in [4.69, 9.17) is 13.9 Å². The van der Waals surface area contributed by atoms with Crippen LogP contribution < -0.4 is 9.47 Å². The molecule has 3 aromatic rings. The van der Waals surface area contributed by atoms with Gasteiger partial charge in [0.1, 0.15) is 5.76 Å². The highest BCUT2D eigenvalue weighted by atomic mass is 16.5. The summed E-state index contributed by atoms with van der Waals surface area (Å²) in [5.74, 6) is 2.88. The number of carbonyl (C=O) groups excluding carboxylic acids is 1. The number of carbonyl (C=O) groups is 1. The lowest BCUT2D eigenvalue weighted by Gasteiger charge is -2.25. The van der Waals surface area contributed by atoms with Crippen molar-refractivity contribution in [3.05, 3.63) is 65.5 Å². The largest absolute Gasteiger partial charge is 0.490 e. The molecule has 1 atom stereocenters. The molecule has 6 nitrogen and oxygen atoms in total. The molecule has 1 fully saturated rings. The molecule has 2 aliphatic rings. The molecule has 160 valence electrons. The topological polar surface area (TPSA) is 64.8 Å². The van der Waals surface area contributed by atoms with Crippen LogP contribution in [0.2, 0.25) is 0 Å². The molecule has 2 aliphatic heterocycles. The van der Waals surface area contributed by atoms with E-state index >= 15 is 0 Å². The Bertz CT molecular complexity index is 1080. The summed E-state index contributed by atoms with van der Waals surface area (Å²) in [4.78, 5) is 19.8. The van der Waals surface area contributed by atoms with Crippen LogP contribution in [0.5, 0.6) is 11.5 Å². The summed E-state index contributed by atoms with van der Waals surface area (Å²) >= 11 is 0. The lowest BCUT2D eigenvalue weighted by atomic mass is 10.0. The highest BCUT2D eigenvalue weighted by Crippen LogP contribution is 2.38. The molecule has 0 bridgehead atoms. The second-order valence-corrected chi connectivity index (χ2v) is 8.07. The molecule has 31 heavy (non-hydrogen) atoms. The lowest BCUT2D eigenvalue weighted by molar-refractivity contribution is -0.131. The summed E-state index contributed by atoms with van der Waals surface area (Å²) in [7, 11) is 0. The number of nitrogens with zero attached hydrogens (tertiary/aromatic N) is 2. The summed E-state index contributed by atoms with van der Waals surface area (Å²) in [6, 6.07) is 15.9. The second kappa shape index (κ2) is 8.46. The lowest BCUT2D eigenvalue weighted by Crippen LogP contribution is -2.32. The molecule has 0 radical (unpaired) electrons. The Labute approximate surface area is 181 Å². The third-order valence-electron chi connectivity index (χ3n) is 5.96. The molecule has 1 aromatic heterocycles. The van der Waals surface area contributed by atoms with Crippen LogP contribution in [0, 0.1) is 6.92 Å². The van der Waals surface area contributed by atoms with Gasteiger partial charge in [0.25, 0.3) is 0 Å². The molecule has 0 N–H and O–H groups in total. The number of hydrogen-bond acceptors (Lipinski definition) is 5. The number of aryl methyl sites for hydroxylation is 1. The van der Waals surface area contributed by atoms with E-state index in [0.29, 0.717) is 30.6 Å². The molecule has 0 unspecified atom stereocenters. The maximum absolute atomic E-state index is 13.2. The van der Waals surface area contributed by atoms with Gasteiger partial charge < -0.3 is 18.8 Å². The Kier molecular flexibility index (Phi) is 5.37. The van der Waals surface area contributed by atoms with Crippen LogP contribution in [0.25, 0.3) is 11.5 Å². The van der Waals surface area contributed by atoms with Gasteiger partial charge in [-0.15, -0.1) is 0 Å². The predicted molar refractivity (Wildman–Crippen MR) is 116 cm³/mol. The minimum Gasteiger partial charge on any atom is -0.490 e. The first-order valence-electron chi connectivity index (χ1n) is 10.9. The fourth-order valence-corrected chi connectivity index (χ4v) is 4.34. The molecule has 1 amide bonds. The van der Waals surface area contributed by atoms with Crippen molar-refractivity contribution < 1.29 is 18.7 Å². The number of fused-ring (bicyclic) bond motifs is 1. The number of hydrogen-bond donors (Lipinski definition) is 0. The van der Waals surface area contributed by atoms with Crippen LogP contribution in [-0.4, -0.2) is 35.5 Å². The van der Waals surface area contributed by atoms with Gasteiger partial charge in [0.2, 0.25) is 11.8 Å². The summed E-state index contributed by atoms with van der Waals surface area (Å²) in [6.45, 7) is 3.94. The van der Waals surface area contributed by atoms with E-state index in [9.17, 15) is 4.79 Å². The minimum absolute atomic E-state index is 0.0467. The molecular formula is C25H26N2O4. The van der Waals surface area contributed by atoms with Gasteiger partial charge in [0.15, 0.2) is 11.5 Å². The van der Waals surface area contributed by atoms with Crippen molar-refractivity contribution in [1.82, 2.24) is 9.88 Å². The zero-order chi connectivity index (χ0) is 21.2. The zero-order valence-electron chi connectivity index (χ0n) is 17.7. The molecule has 0 saturated carbocycles. The van der Waals surface area contributed by atoms with E-state index in [2.05, 4.69) is 11.1 Å². The highest BCUT2D eigenvalue weighted by Gasteiger charge is 2.31. The van der Waals surface area contributed by atoms with Crippen LogP contribution in [0.4, 0.5) is 0 Å². The van der Waals surface area contributed by atoms with Gasteiger partial charge >= 0.3 is 0 Å². The Hall–Kier alpha value is -3.28. The molecule has 6 heteroatoms. The van der Waals surface area contributed by atoms with Crippen molar-refractivity contribution in [1.29, 1.82) is 0 Å². The molecule has 5 rings (SSSR count). The van der Waals surface area contributed by atoms with Crippen LogP contribution in [0.3, 0.4) is 0 Å². The Balaban J connectivity index is 1.34. The first-order chi connectivity index (χ1) is 15.2. The number of likely N-dealkylation sites (tertiary alicyclic amines) is 1. The Morgan fingerprint density at radius 3 is 2.71 bits per heavy atom. The fraction of sp³-hybridized carbons (Fsp3) is 0.360. The predicted octanol–water partition coefficient (Wildman–Crippen LogP) is 4.72. The molecule has 1 saturated heterocycles. The van der Waals surface area contributed by atoms with Crippen molar-refractivity contribution in [2.45, 2.75) is 38.6 Å². The van der Waals surface area contributed by atoms with Crippen molar-refractivity contribution in [3.63, 3.8) is 0 Å².